The molecule has 154 valence electrons. The number of nitrogens with one attached hydrogen (secondary N) is 2. The first kappa shape index (κ1) is 19.7. The van der Waals surface area contributed by atoms with Crippen molar-refractivity contribution in [1.29, 1.82) is 0 Å². The number of aryl methyl sites for hydroxylation is 1. The minimum Gasteiger partial charge on any atom is -0.508 e. The minimum atomic E-state index is -0.563. The Morgan fingerprint density at radius 3 is 2.73 bits per heavy atom. The molecule has 1 atom stereocenters. The van der Waals surface area contributed by atoms with Crippen LogP contribution < -0.4 is 10.6 Å². The molecule has 1 aliphatic rings. The molecule has 0 spiro atoms. The highest BCUT2D eigenvalue weighted by molar-refractivity contribution is 6.06. The molecular formula is C22H23N5O3. The molecule has 2 aromatic carbocycles. The first-order valence-electron chi connectivity index (χ1n) is 9.76. The van der Waals surface area contributed by atoms with E-state index in [1.54, 1.807) is 22.9 Å². The van der Waals surface area contributed by atoms with E-state index < -0.39 is 6.04 Å². The summed E-state index contributed by atoms with van der Waals surface area (Å²) in [5.41, 5.74) is 2.54. The Morgan fingerprint density at radius 1 is 1.20 bits per heavy atom. The Labute approximate surface area is 173 Å². The molecule has 0 aliphatic carbocycles. The van der Waals surface area contributed by atoms with Crippen LogP contribution in [0.3, 0.4) is 0 Å². The molecule has 1 aliphatic heterocycles. The number of rotatable bonds is 6. The number of carbonyl (C=O) groups is 1. The normalized spacial score (nSPS) is 15.5. The van der Waals surface area contributed by atoms with Gasteiger partial charge in [0.25, 0.3) is 5.91 Å². The van der Waals surface area contributed by atoms with Gasteiger partial charge in [0.15, 0.2) is 5.82 Å². The van der Waals surface area contributed by atoms with Gasteiger partial charge in [-0.05, 0) is 43.2 Å². The zero-order valence-corrected chi connectivity index (χ0v) is 16.5. The van der Waals surface area contributed by atoms with Crippen LogP contribution >= 0.6 is 0 Å². The maximum atomic E-state index is 13.3. The fourth-order valence-electron chi connectivity index (χ4n) is 3.56. The Morgan fingerprint density at radius 2 is 2.00 bits per heavy atom. The standard InChI is InChI=1S/C22H23N5O3/c1-14-19(21(30)24-16-8-3-2-4-9-16)20(15-7-5-10-17(29)13-15)27-22(23-14)25-18(26-27)11-6-12-28/h2-5,7-10,13,20,28-29H,6,11-12H2,1H3,(H,24,30)(H,23,25,26). The Hall–Kier alpha value is -3.65. The lowest BCUT2D eigenvalue weighted by atomic mass is 9.95. The third-order valence-electron chi connectivity index (χ3n) is 4.92. The van der Waals surface area contributed by atoms with E-state index in [-0.39, 0.29) is 18.3 Å². The van der Waals surface area contributed by atoms with Crippen LogP contribution in [0, 0.1) is 0 Å². The van der Waals surface area contributed by atoms with Crippen molar-refractivity contribution < 1.29 is 15.0 Å². The SMILES string of the molecule is CC1=C(C(=O)Nc2ccccc2)C(c2cccc(O)c2)n2nc(CCCO)nc2N1. The van der Waals surface area contributed by atoms with Gasteiger partial charge in [-0.15, -0.1) is 0 Å². The number of hydrogen-bond donors (Lipinski definition) is 4. The molecule has 0 saturated heterocycles. The summed E-state index contributed by atoms with van der Waals surface area (Å²) in [6, 6.07) is 15.5. The van der Waals surface area contributed by atoms with Crippen LogP contribution in [0.1, 0.15) is 30.8 Å². The minimum absolute atomic E-state index is 0.0509. The third-order valence-corrected chi connectivity index (χ3v) is 4.92. The topological polar surface area (TPSA) is 112 Å². The number of phenols is 1. The quantitative estimate of drug-likeness (QED) is 0.502. The van der Waals surface area contributed by atoms with E-state index in [0.717, 1.165) is 0 Å². The molecule has 3 aromatic rings. The second kappa shape index (κ2) is 8.38. The number of aliphatic hydroxyl groups is 1. The van der Waals surface area contributed by atoms with Crippen LogP contribution in [-0.2, 0) is 11.2 Å². The Bertz CT molecular complexity index is 1090. The first-order chi connectivity index (χ1) is 14.6. The lowest BCUT2D eigenvalue weighted by molar-refractivity contribution is -0.113. The fraction of sp³-hybridized carbons (Fsp3) is 0.227. The average Bonchev–Trinajstić information content (AvgIpc) is 3.14. The largest absolute Gasteiger partial charge is 0.508 e. The van der Waals surface area contributed by atoms with Crippen LogP contribution in [0.4, 0.5) is 11.6 Å². The summed E-state index contributed by atoms with van der Waals surface area (Å²) in [4.78, 5) is 17.8. The lowest BCUT2D eigenvalue weighted by Gasteiger charge is -2.28. The van der Waals surface area contributed by atoms with E-state index in [1.165, 1.54) is 0 Å². The Kier molecular flexibility index (Phi) is 5.49. The number of carbonyl (C=O) groups excluding carboxylic acids is 1. The van der Waals surface area contributed by atoms with Gasteiger partial charge in [-0.2, -0.15) is 10.1 Å². The molecule has 8 nitrogen and oxygen atoms in total. The highest BCUT2D eigenvalue weighted by Gasteiger charge is 2.34. The van der Waals surface area contributed by atoms with Crippen molar-refractivity contribution in [3.63, 3.8) is 0 Å². The molecule has 1 amide bonds. The van der Waals surface area contributed by atoms with Crippen molar-refractivity contribution in [2.45, 2.75) is 25.8 Å². The molecular weight excluding hydrogens is 382 g/mol. The monoisotopic (exact) mass is 405 g/mol. The zero-order chi connectivity index (χ0) is 21.1. The van der Waals surface area contributed by atoms with E-state index in [9.17, 15) is 9.90 Å². The van der Waals surface area contributed by atoms with E-state index in [0.29, 0.717) is 47.1 Å². The van der Waals surface area contributed by atoms with Crippen molar-refractivity contribution >= 4 is 17.5 Å². The van der Waals surface area contributed by atoms with Crippen molar-refractivity contribution in [2.24, 2.45) is 0 Å². The van der Waals surface area contributed by atoms with E-state index >= 15 is 0 Å². The summed E-state index contributed by atoms with van der Waals surface area (Å²) in [5, 5.41) is 29.8. The van der Waals surface area contributed by atoms with Crippen molar-refractivity contribution in [3.05, 3.63) is 77.3 Å². The molecule has 0 saturated carbocycles. The third kappa shape index (κ3) is 3.90. The summed E-state index contributed by atoms with van der Waals surface area (Å²) in [6.45, 7) is 1.87. The van der Waals surface area contributed by atoms with Gasteiger partial charge in [0.1, 0.15) is 11.8 Å². The van der Waals surface area contributed by atoms with Gasteiger partial charge in [-0.25, -0.2) is 4.68 Å². The first-order valence-corrected chi connectivity index (χ1v) is 9.76. The van der Waals surface area contributed by atoms with Crippen molar-refractivity contribution in [3.8, 4) is 5.75 Å². The van der Waals surface area contributed by atoms with Crippen molar-refractivity contribution in [2.75, 3.05) is 17.2 Å². The number of aliphatic hydroxyl groups excluding tert-OH is 1. The zero-order valence-electron chi connectivity index (χ0n) is 16.5. The number of aromatic hydroxyl groups is 1. The van der Waals surface area contributed by atoms with Gasteiger partial charge in [-0.1, -0.05) is 30.3 Å². The smallest absolute Gasteiger partial charge is 0.255 e. The second-order valence-electron chi connectivity index (χ2n) is 7.10. The predicted octanol–water partition coefficient (Wildman–Crippen LogP) is 2.84. The highest BCUT2D eigenvalue weighted by atomic mass is 16.3. The van der Waals surface area contributed by atoms with Crippen LogP contribution in [0.25, 0.3) is 0 Å². The molecule has 30 heavy (non-hydrogen) atoms. The van der Waals surface area contributed by atoms with Crippen molar-refractivity contribution in [1.82, 2.24) is 14.8 Å². The second-order valence-corrected chi connectivity index (χ2v) is 7.10. The fourth-order valence-corrected chi connectivity index (χ4v) is 3.56. The molecule has 0 fully saturated rings. The number of phenolic OH excluding ortho intramolecular Hbond substituents is 1. The maximum absolute atomic E-state index is 13.3. The number of aromatic nitrogens is 3. The van der Waals surface area contributed by atoms with E-state index in [4.69, 9.17) is 5.11 Å². The number of fused-ring (bicyclic) bond motifs is 1. The molecule has 0 bridgehead atoms. The van der Waals surface area contributed by atoms with E-state index in [1.807, 2.05) is 43.3 Å². The summed E-state index contributed by atoms with van der Waals surface area (Å²) < 4.78 is 1.66. The highest BCUT2D eigenvalue weighted by Crippen LogP contribution is 2.36. The van der Waals surface area contributed by atoms with Crippen LogP contribution in [0.5, 0.6) is 5.75 Å². The number of anilines is 2. The molecule has 1 unspecified atom stereocenters. The molecule has 2 heterocycles. The van der Waals surface area contributed by atoms with Gasteiger partial charge in [-0.3, -0.25) is 4.79 Å². The van der Waals surface area contributed by atoms with Gasteiger partial charge in [0, 0.05) is 24.4 Å². The van der Waals surface area contributed by atoms with Gasteiger partial charge >= 0.3 is 0 Å². The predicted molar refractivity (Wildman–Crippen MR) is 113 cm³/mol. The van der Waals surface area contributed by atoms with Gasteiger partial charge in [0.2, 0.25) is 5.95 Å². The maximum Gasteiger partial charge on any atom is 0.255 e. The summed E-state index contributed by atoms with van der Waals surface area (Å²) in [7, 11) is 0. The summed E-state index contributed by atoms with van der Waals surface area (Å²) in [5.74, 6) is 0.936. The summed E-state index contributed by atoms with van der Waals surface area (Å²) >= 11 is 0. The van der Waals surface area contributed by atoms with Crippen LogP contribution in [-0.4, -0.2) is 37.5 Å². The molecule has 4 rings (SSSR count). The van der Waals surface area contributed by atoms with Crippen LogP contribution in [0.2, 0.25) is 0 Å². The molecule has 4 N–H and O–H groups in total. The number of amides is 1. The average molecular weight is 405 g/mol. The number of allylic oxidation sites excluding steroid dienone is 1. The summed E-state index contributed by atoms with van der Waals surface area (Å²) in [6.07, 6.45) is 1.07. The molecule has 1 aromatic heterocycles. The molecule has 0 radical (unpaired) electrons. The molecule has 8 heteroatoms. The van der Waals surface area contributed by atoms with E-state index in [2.05, 4.69) is 20.7 Å². The Balaban J connectivity index is 1.77. The van der Waals surface area contributed by atoms with Gasteiger partial charge < -0.3 is 20.8 Å². The number of para-hydroxylation sites is 1. The van der Waals surface area contributed by atoms with Gasteiger partial charge in [0.05, 0.1) is 5.57 Å². The number of nitrogens with zero attached hydrogens (tertiary/aromatic N) is 3. The van der Waals surface area contributed by atoms with Crippen LogP contribution in [0.15, 0.2) is 65.9 Å². The lowest BCUT2D eigenvalue weighted by Crippen LogP contribution is -2.31. The number of benzene rings is 2. The number of hydrogen-bond acceptors (Lipinski definition) is 6.